The topological polar surface area (TPSA) is 222 Å². The smallest absolute Gasteiger partial charge is 0.351 e. The Bertz CT molecular complexity index is 896. The third-order valence-corrected chi connectivity index (χ3v) is 7.20. The molecule has 1 saturated heterocycles. The molecule has 158 valence electrons. The van der Waals surface area contributed by atoms with Crippen LogP contribution in [0.2, 0.25) is 0 Å². The first-order chi connectivity index (χ1) is 12.8. The Balaban J connectivity index is 2.25. The minimum absolute atomic E-state index is 0.0789. The fraction of sp³-hybridized carbons (Fsp3) is 0.583. The Morgan fingerprint density at radius 1 is 1.39 bits per heavy atom. The second-order valence-corrected chi connectivity index (χ2v) is 10.1. The molecule has 28 heavy (non-hydrogen) atoms. The van der Waals surface area contributed by atoms with Crippen molar-refractivity contribution in [1.82, 2.24) is 9.55 Å². The van der Waals surface area contributed by atoms with Gasteiger partial charge in [0.15, 0.2) is 18.0 Å². The molecule has 1 aliphatic heterocycles. The van der Waals surface area contributed by atoms with E-state index in [-0.39, 0.29) is 11.8 Å². The van der Waals surface area contributed by atoms with Crippen molar-refractivity contribution in [2.75, 3.05) is 19.9 Å². The van der Waals surface area contributed by atoms with Gasteiger partial charge in [0.25, 0.3) is 0 Å². The Hall–Kier alpha value is -1.63. The van der Waals surface area contributed by atoms with E-state index in [4.69, 9.17) is 16.2 Å². The van der Waals surface area contributed by atoms with Crippen molar-refractivity contribution in [3.05, 3.63) is 22.7 Å². The molecule has 0 saturated carbocycles. The Morgan fingerprint density at radius 3 is 2.54 bits per heavy atom. The highest BCUT2D eigenvalue weighted by atomic mass is 31.3. The van der Waals surface area contributed by atoms with Crippen LogP contribution < -0.4 is 17.2 Å². The highest BCUT2D eigenvalue weighted by Gasteiger charge is 2.48. The lowest BCUT2D eigenvalue weighted by Gasteiger charge is -2.22. The molecule has 0 spiro atoms. The fourth-order valence-corrected chi connectivity index (χ4v) is 5.77. The minimum Gasteiger partial charge on any atom is -0.387 e. The monoisotopic (exact) mass is 441 g/mol. The first kappa shape index (κ1) is 22.7. The maximum Gasteiger partial charge on any atom is 0.351 e. The van der Waals surface area contributed by atoms with Crippen LogP contribution >= 0.6 is 15.2 Å². The van der Waals surface area contributed by atoms with Crippen LogP contribution in [0.1, 0.15) is 6.23 Å². The molecule has 6 unspecified atom stereocenters. The molecule has 0 amide bonds. The predicted octanol–water partition coefficient (Wildman–Crippen LogP) is -1.56. The molecule has 2 rings (SSSR count). The number of aliphatic imine (C=N–C) groups is 1. The molecule has 6 atom stereocenters. The summed E-state index contributed by atoms with van der Waals surface area (Å²) >= 11 is 0. The summed E-state index contributed by atoms with van der Waals surface area (Å²) in [5.41, 5.74) is 9.51. The second kappa shape index (κ2) is 8.39. The molecule has 0 bridgehead atoms. The zero-order chi connectivity index (χ0) is 21.3. The average Bonchev–Trinajstić information content (AvgIpc) is 2.81. The minimum atomic E-state index is -4.18. The lowest BCUT2D eigenvalue weighted by Crippen LogP contribution is -2.36. The van der Waals surface area contributed by atoms with Gasteiger partial charge in [-0.1, -0.05) is 0 Å². The second-order valence-electron chi connectivity index (χ2n) is 5.92. The highest BCUT2D eigenvalue weighted by Crippen LogP contribution is 2.61. The third-order valence-electron chi connectivity index (χ3n) is 3.63. The number of ether oxygens (including phenoxy) is 1. The number of nitrogens with two attached hydrogens (primary N) is 2. The SMILES string of the molecule is COP(=O)(CC1OC(n2ccc(N=C(N)N)nc2=O)C(O)C1O)OP(C)(=O)O. The van der Waals surface area contributed by atoms with Gasteiger partial charge >= 0.3 is 20.9 Å². The summed E-state index contributed by atoms with van der Waals surface area (Å²) in [6, 6.07) is 1.26. The van der Waals surface area contributed by atoms with Gasteiger partial charge in [0.05, 0.1) is 6.16 Å². The van der Waals surface area contributed by atoms with Gasteiger partial charge in [0, 0.05) is 20.0 Å². The van der Waals surface area contributed by atoms with Gasteiger partial charge in [-0.3, -0.25) is 13.7 Å². The normalized spacial score (nSPS) is 29.0. The van der Waals surface area contributed by atoms with Crippen LogP contribution in [0, 0.1) is 0 Å². The molecule has 1 aromatic heterocycles. The number of rotatable bonds is 7. The molecule has 2 heterocycles. The lowest BCUT2D eigenvalue weighted by atomic mass is 10.1. The van der Waals surface area contributed by atoms with Crippen LogP contribution in [0.25, 0.3) is 0 Å². The van der Waals surface area contributed by atoms with E-state index in [9.17, 15) is 29.0 Å². The lowest BCUT2D eigenvalue weighted by molar-refractivity contribution is -0.0350. The number of aliphatic hydroxyl groups is 2. The molecular formula is C12H21N5O9P2. The molecular weight excluding hydrogens is 420 g/mol. The predicted molar refractivity (Wildman–Crippen MR) is 96.2 cm³/mol. The third kappa shape index (κ3) is 5.46. The molecule has 1 aliphatic rings. The summed E-state index contributed by atoms with van der Waals surface area (Å²) in [6.07, 6.45) is -5.39. The van der Waals surface area contributed by atoms with Gasteiger partial charge in [-0.05, 0) is 6.07 Å². The number of hydrogen-bond donors (Lipinski definition) is 5. The fourth-order valence-electron chi connectivity index (χ4n) is 2.49. The number of aliphatic hydroxyl groups excluding tert-OH is 2. The van der Waals surface area contributed by atoms with E-state index in [1.165, 1.54) is 12.3 Å². The van der Waals surface area contributed by atoms with Gasteiger partial charge in [0.2, 0.25) is 0 Å². The first-order valence-corrected chi connectivity index (χ1v) is 11.5. The van der Waals surface area contributed by atoms with E-state index >= 15 is 0 Å². The summed E-state index contributed by atoms with van der Waals surface area (Å²) in [5, 5.41) is 20.4. The largest absolute Gasteiger partial charge is 0.387 e. The van der Waals surface area contributed by atoms with E-state index in [1.807, 2.05) is 0 Å². The van der Waals surface area contributed by atoms with Crippen molar-refractivity contribution in [1.29, 1.82) is 0 Å². The zero-order valence-electron chi connectivity index (χ0n) is 14.9. The van der Waals surface area contributed by atoms with Gasteiger partial charge < -0.3 is 35.8 Å². The van der Waals surface area contributed by atoms with Gasteiger partial charge in [-0.25, -0.2) is 9.11 Å². The van der Waals surface area contributed by atoms with Crippen molar-refractivity contribution < 1.29 is 37.8 Å². The van der Waals surface area contributed by atoms with Crippen molar-refractivity contribution >= 4 is 27.0 Å². The molecule has 1 fully saturated rings. The van der Waals surface area contributed by atoms with Crippen LogP contribution in [-0.2, 0) is 22.7 Å². The summed E-state index contributed by atoms with van der Waals surface area (Å²) in [7, 11) is -7.34. The zero-order valence-corrected chi connectivity index (χ0v) is 16.6. The molecule has 0 aromatic carbocycles. The van der Waals surface area contributed by atoms with Crippen LogP contribution in [-0.4, -0.2) is 68.9 Å². The molecule has 7 N–H and O–H groups in total. The van der Waals surface area contributed by atoms with E-state index in [0.29, 0.717) is 0 Å². The van der Waals surface area contributed by atoms with E-state index in [1.54, 1.807) is 0 Å². The average molecular weight is 441 g/mol. The Kier molecular flexibility index (Phi) is 6.79. The number of aromatic nitrogens is 2. The van der Waals surface area contributed by atoms with E-state index in [0.717, 1.165) is 18.3 Å². The van der Waals surface area contributed by atoms with Gasteiger partial charge in [-0.15, -0.1) is 0 Å². The number of nitrogens with zero attached hydrogens (tertiary/aromatic N) is 3. The molecule has 0 radical (unpaired) electrons. The Labute approximate surface area is 158 Å². The van der Waals surface area contributed by atoms with Crippen molar-refractivity contribution in [3.63, 3.8) is 0 Å². The molecule has 1 aromatic rings. The summed E-state index contributed by atoms with van der Waals surface area (Å²) in [4.78, 5) is 28.6. The Morgan fingerprint density at radius 2 is 2.04 bits per heavy atom. The van der Waals surface area contributed by atoms with Crippen LogP contribution in [0.15, 0.2) is 22.1 Å². The van der Waals surface area contributed by atoms with Gasteiger partial charge in [-0.2, -0.15) is 9.98 Å². The maximum absolute atomic E-state index is 12.5. The van der Waals surface area contributed by atoms with Crippen LogP contribution in [0.4, 0.5) is 5.82 Å². The van der Waals surface area contributed by atoms with E-state index < -0.39 is 51.6 Å². The summed E-state index contributed by atoms with van der Waals surface area (Å²) < 4.78 is 39.5. The van der Waals surface area contributed by atoms with Crippen LogP contribution in [0.5, 0.6) is 0 Å². The quantitative estimate of drug-likeness (QED) is 0.184. The highest BCUT2D eigenvalue weighted by molar-refractivity contribution is 7.66. The van der Waals surface area contributed by atoms with E-state index in [2.05, 4.69) is 18.8 Å². The molecule has 0 aliphatic carbocycles. The summed E-state index contributed by atoms with van der Waals surface area (Å²) in [5.74, 6) is -0.394. The number of guanidine groups is 1. The molecule has 14 nitrogen and oxygen atoms in total. The maximum atomic E-state index is 12.5. The van der Waals surface area contributed by atoms with Crippen molar-refractivity contribution in [2.45, 2.75) is 24.5 Å². The number of hydrogen-bond acceptors (Lipinski definition) is 10. The summed E-state index contributed by atoms with van der Waals surface area (Å²) in [6.45, 7) is 0.811. The van der Waals surface area contributed by atoms with Crippen LogP contribution in [0.3, 0.4) is 0 Å². The van der Waals surface area contributed by atoms with Crippen molar-refractivity contribution in [2.24, 2.45) is 16.5 Å². The standard InChI is InChI=1S/C12H21N5O9P2/c1-24-28(23,26-27(2,21)22)5-6-8(18)9(19)10(25-6)17-4-3-7(15-11(13)14)16-12(17)20/h3-4,6,8-10,18-19H,5H2,1-2H3,(H,21,22)(H4,13,14,15,16,20). The molecule has 16 heteroatoms. The van der Waals surface area contributed by atoms with Crippen molar-refractivity contribution in [3.8, 4) is 0 Å². The first-order valence-electron chi connectivity index (χ1n) is 7.72. The van der Waals surface area contributed by atoms with Gasteiger partial charge in [0.1, 0.15) is 18.3 Å².